The number of para-hydroxylation sites is 1. The molecule has 0 atom stereocenters. The molecule has 2 aromatic carbocycles. The molecule has 6 nitrogen and oxygen atoms in total. The van der Waals surface area contributed by atoms with Gasteiger partial charge in [0.2, 0.25) is 0 Å². The molecule has 4 rings (SSSR count). The number of halogens is 1. The summed E-state index contributed by atoms with van der Waals surface area (Å²) in [5, 5.41) is 3.34. The van der Waals surface area contributed by atoms with E-state index in [-0.39, 0.29) is 17.5 Å². The van der Waals surface area contributed by atoms with Crippen molar-refractivity contribution in [3.05, 3.63) is 70.5 Å². The maximum atomic E-state index is 13.4. The molecule has 0 radical (unpaired) electrons. The number of likely N-dealkylation sites (tertiary alicyclic amines) is 1. The average Bonchev–Trinajstić information content (AvgIpc) is 2.72. The van der Waals surface area contributed by atoms with Crippen LogP contribution in [0.2, 0.25) is 0 Å². The third-order valence-corrected chi connectivity index (χ3v) is 5.48. The van der Waals surface area contributed by atoms with Crippen molar-refractivity contribution in [2.24, 2.45) is 5.92 Å². The molecule has 1 aliphatic rings. The highest BCUT2D eigenvalue weighted by Gasteiger charge is 2.24. The van der Waals surface area contributed by atoms with Crippen LogP contribution in [-0.4, -0.2) is 33.6 Å². The summed E-state index contributed by atoms with van der Waals surface area (Å²) in [6.07, 6.45) is 1.63. The molecule has 29 heavy (non-hydrogen) atoms. The van der Waals surface area contributed by atoms with Crippen LogP contribution in [-0.2, 0) is 6.54 Å². The lowest BCUT2D eigenvalue weighted by molar-refractivity contribution is 0.176. The highest BCUT2D eigenvalue weighted by atomic mass is 19.1. The number of anilines is 1. The van der Waals surface area contributed by atoms with Crippen molar-refractivity contribution in [1.29, 1.82) is 0 Å². The van der Waals surface area contributed by atoms with Gasteiger partial charge in [-0.25, -0.2) is 14.2 Å². The molecule has 2 amide bonds. The van der Waals surface area contributed by atoms with Gasteiger partial charge in [-0.1, -0.05) is 18.2 Å². The SMILES string of the molecule is Cc1nc2cc(F)ccc2c(=O)n1CC1CCN(C(=O)Nc2ccccc2)CC1. The summed E-state index contributed by atoms with van der Waals surface area (Å²) < 4.78 is 15.1. The maximum Gasteiger partial charge on any atom is 0.321 e. The quantitative estimate of drug-likeness (QED) is 0.735. The van der Waals surface area contributed by atoms with E-state index >= 15 is 0 Å². The summed E-state index contributed by atoms with van der Waals surface area (Å²) in [6.45, 7) is 3.61. The number of urea groups is 1. The number of benzene rings is 2. The van der Waals surface area contributed by atoms with Crippen molar-refractivity contribution in [2.75, 3.05) is 18.4 Å². The summed E-state index contributed by atoms with van der Waals surface area (Å²) in [7, 11) is 0. The third kappa shape index (κ3) is 4.13. The van der Waals surface area contributed by atoms with Crippen LogP contribution < -0.4 is 10.9 Å². The summed E-state index contributed by atoms with van der Waals surface area (Å²) in [5.74, 6) is 0.465. The molecule has 1 aliphatic heterocycles. The lowest BCUT2D eigenvalue weighted by Crippen LogP contribution is -2.42. The Bertz CT molecular complexity index is 1090. The van der Waals surface area contributed by atoms with Crippen LogP contribution in [0.25, 0.3) is 10.9 Å². The molecule has 2 heterocycles. The zero-order valence-corrected chi connectivity index (χ0v) is 16.3. The molecule has 0 spiro atoms. The Morgan fingerprint density at radius 1 is 1.17 bits per heavy atom. The van der Waals surface area contributed by atoms with E-state index in [2.05, 4.69) is 10.3 Å². The van der Waals surface area contributed by atoms with Gasteiger partial charge in [-0.15, -0.1) is 0 Å². The molecule has 0 bridgehead atoms. The predicted molar refractivity (Wildman–Crippen MR) is 110 cm³/mol. The van der Waals surface area contributed by atoms with E-state index in [1.165, 1.54) is 18.2 Å². The van der Waals surface area contributed by atoms with Crippen LogP contribution >= 0.6 is 0 Å². The maximum absolute atomic E-state index is 13.4. The Hall–Kier alpha value is -3.22. The molecule has 1 aromatic heterocycles. The number of fused-ring (bicyclic) bond motifs is 1. The first kappa shape index (κ1) is 19.1. The molecule has 0 unspecified atom stereocenters. The van der Waals surface area contributed by atoms with Gasteiger partial charge >= 0.3 is 6.03 Å². The number of amides is 2. The van der Waals surface area contributed by atoms with E-state index in [0.717, 1.165) is 18.5 Å². The summed E-state index contributed by atoms with van der Waals surface area (Å²) >= 11 is 0. The van der Waals surface area contributed by atoms with Crippen molar-refractivity contribution < 1.29 is 9.18 Å². The topological polar surface area (TPSA) is 67.2 Å². The molecule has 1 saturated heterocycles. The average molecular weight is 394 g/mol. The van der Waals surface area contributed by atoms with E-state index in [4.69, 9.17) is 0 Å². The fraction of sp³-hybridized carbons (Fsp3) is 0.318. The third-order valence-electron chi connectivity index (χ3n) is 5.48. The molecule has 0 saturated carbocycles. The van der Waals surface area contributed by atoms with Crippen LogP contribution in [0.15, 0.2) is 53.3 Å². The van der Waals surface area contributed by atoms with Gasteiger partial charge in [-0.3, -0.25) is 9.36 Å². The minimum atomic E-state index is -0.400. The first-order valence-electron chi connectivity index (χ1n) is 9.79. The number of nitrogens with zero attached hydrogens (tertiary/aromatic N) is 3. The summed E-state index contributed by atoms with van der Waals surface area (Å²) in [4.78, 5) is 31.5. The molecular weight excluding hydrogens is 371 g/mol. The van der Waals surface area contributed by atoms with Gasteiger partial charge < -0.3 is 10.2 Å². The summed E-state index contributed by atoms with van der Waals surface area (Å²) in [6, 6.07) is 13.4. The van der Waals surface area contributed by atoms with Crippen LogP contribution in [0.4, 0.5) is 14.9 Å². The van der Waals surface area contributed by atoms with Gasteiger partial charge in [0.05, 0.1) is 10.9 Å². The molecule has 7 heteroatoms. The Balaban J connectivity index is 1.41. The highest BCUT2D eigenvalue weighted by Crippen LogP contribution is 2.21. The molecule has 150 valence electrons. The lowest BCUT2D eigenvalue weighted by Gasteiger charge is -2.32. The molecule has 0 aliphatic carbocycles. The minimum Gasteiger partial charge on any atom is -0.325 e. The second-order valence-corrected chi connectivity index (χ2v) is 7.46. The number of carbonyl (C=O) groups is 1. The smallest absolute Gasteiger partial charge is 0.321 e. The molecule has 1 fully saturated rings. The first-order chi connectivity index (χ1) is 14.0. The second-order valence-electron chi connectivity index (χ2n) is 7.46. The van der Waals surface area contributed by atoms with Crippen LogP contribution in [0.5, 0.6) is 0 Å². The van der Waals surface area contributed by atoms with E-state index in [1.54, 1.807) is 16.4 Å². The Morgan fingerprint density at radius 2 is 1.90 bits per heavy atom. The Morgan fingerprint density at radius 3 is 2.62 bits per heavy atom. The van der Waals surface area contributed by atoms with Crippen molar-refractivity contribution >= 4 is 22.6 Å². The Labute approximate surface area is 168 Å². The predicted octanol–water partition coefficient (Wildman–Crippen LogP) is 3.79. The lowest BCUT2D eigenvalue weighted by atomic mass is 9.96. The van der Waals surface area contributed by atoms with Gasteiger partial charge in [0, 0.05) is 31.4 Å². The van der Waals surface area contributed by atoms with Crippen LogP contribution in [0.1, 0.15) is 18.7 Å². The Kier molecular flexibility index (Phi) is 5.29. The van der Waals surface area contributed by atoms with E-state index < -0.39 is 5.82 Å². The van der Waals surface area contributed by atoms with Gasteiger partial charge in [0.1, 0.15) is 11.6 Å². The zero-order chi connectivity index (χ0) is 20.4. The van der Waals surface area contributed by atoms with Gasteiger partial charge in [-0.05, 0) is 49.9 Å². The molecule has 3 aromatic rings. The van der Waals surface area contributed by atoms with Crippen LogP contribution in [0, 0.1) is 18.7 Å². The number of rotatable bonds is 3. The first-order valence-corrected chi connectivity index (χ1v) is 9.79. The van der Waals surface area contributed by atoms with E-state index in [1.807, 2.05) is 30.3 Å². The van der Waals surface area contributed by atoms with Gasteiger partial charge in [0.25, 0.3) is 5.56 Å². The number of nitrogens with one attached hydrogen (secondary N) is 1. The van der Waals surface area contributed by atoms with Crippen molar-refractivity contribution in [3.8, 4) is 0 Å². The summed E-state index contributed by atoms with van der Waals surface area (Å²) in [5.41, 5.74) is 1.02. The number of hydrogen-bond donors (Lipinski definition) is 1. The highest BCUT2D eigenvalue weighted by molar-refractivity contribution is 5.89. The van der Waals surface area contributed by atoms with E-state index in [9.17, 15) is 14.0 Å². The zero-order valence-electron chi connectivity index (χ0n) is 16.3. The fourth-order valence-corrected chi connectivity index (χ4v) is 3.82. The van der Waals surface area contributed by atoms with Gasteiger partial charge in [-0.2, -0.15) is 0 Å². The fourth-order valence-electron chi connectivity index (χ4n) is 3.82. The van der Waals surface area contributed by atoms with E-state index in [0.29, 0.717) is 36.4 Å². The number of aromatic nitrogens is 2. The number of carbonyl (C=O) groups excluding carboxylic acids is 1. The normalized spacial score (nSPS) is 14.9. The van der Waals surface area contributed by atoms with Crippen molar-refractivity contribution in [1.82, 2.24) is 14.5 Å². The minimum absolute atomic E-state index is 0.0996. The van der Waals surface area contributed by atoms with Crippen LogP contribution in [0.3, 0.4) is 0 Å². The van der Waals surface area contributed by atoms with Crippen molar-refractivity contribution in [2.45, 2.75) is 26.3 Å². The second kappa shape index (κ2) is 8.03. The monoisotopic (exact) mass is 394 g/mol. The number of hydrogen-bond acceptors (Lipinski definition) is 3. The molecule has 1 N–H and O–H groups in total. The van der Waals surface area contributed by atoms with Gasteiger partial charge in [0.15, 0.2) is 0 Å². The number of piperidine rings is 1. The molecular formula is C22H23FN4O2. The number of aryl methyl sites for hydroxylation is 1. The standard InChI is InChI=1S/C22H23FN4O2/c1-15-24-20-13-17(23)7-8-19(20)21(28)27(15)14-16-9-11-26(12-10-16)22(29)25-18-5-3-2-4-6-18/h2-8,13,16H,9-12,14H2,1H3,(H,25,29). The van der Waals surface area contributed by atoms with Crippen molar-refractivity contribution in [3.63, 3.8) is 0 Å². The largest absolute Gasteiger partial charge is 0.325 e.